The molecule has 0 fully saturated rings. The van der Waals surface area contributed by atoms with Crippen molar-refractivity contribution in [2.75, 3.05) is 6.61 Å². The number of esters is 1. The van der Waals surface area contributed by atoms with E-state index in [1.165, 1.54) is 4.57 Å². The first-order chi connectivity index (χ1) is 6.07. The highest BCUT2D eigenvalue weighted by Gasteiger charge is 2.15. The third-order valence-corrected chi connectivity index (χ3v) is 1.88. The molecule has 0 radical (unpaired) electrons. The number of hydrogen-bond acceptors (Lipinski definition) is 3. The Bertz CT molecular complexity index is 375. The summed E-state index contributed by atoms with van der Waals surface area (Å²) in [6, 6.07) is 0. The van der Waals surface area contributed by atoms with Gasteiger partial charge in [-0.3, -0.25) is 9.55 Å². The molecule has 13 heavy (non-hydrogen) atoms. The van der Waals surface area contributed by atoms with Crippen LogP contribution in [0.3, 0.4) is 0 Å². The van der Waals surface area contributed by atoms with Crippen molar-refractivity contribution >= 4 is 5.97 Å². The van der Waals surface area contributed by atoms with E-state index < -0.39 is 5.97 Å². The molecule has 1 heterocycles. The molecule has 0 unspecified atom stereocenters. The molecule has 0 spiro atoms. The predicted molar refractivity (Wildman–Crippen MR) is 46.7 cm³/mol. The van der Waals surface area contributed by atoms with Gasteiger partial charge in [0.15, 0.2) is 0 Å². The average Bonchev–Trinajstić information content (AvgIpc) is 2.33. The molecule has 0 saturated heterocycles. The lowest BCUT2D eigenvalue weighted by Gasteiger charge is -1.99. The van der Waals surface area contributed by atoms with Crippen molar-refractivity contribution in [3.8, 4) is 0 Å². The van der Waals surface area contributed by atoms with Crippen molar-refractivity contribution in [1.29, 1.82) is 0 Å². The molecule has 1 N–H and O–H groups in total. The van der Waals surface area contributed by atoms with Gasteiger partial charge in [0, 0.05) is 7.05 Å². The third-order valence-electron chi connectivity index (χ3n) is 1.88. The number of ether oxygens (including phenoxy) is 1. The smallest absolute Gasteiger partial charge is 0.356 e. The van der Waals surface area contributed by atoms with E-state index in [-0.39, 0.29) is 11.4 Å². The number of hydrogen-bond donors (Lipinski definition) is 1. The van der Waals surface area contributed by atoms with Crippen molar-refractivity contribution in [2.45, 2.75) is 13.8 Å². The quantitative estimate of drug-likeness (QED) is 0.668. The summed E-state index contributed by atoms with van der Waals surface area (Å²) in [4.78, 5) is 24.7. The number of nitrogens with one attached hydrogen (secondary N) is 1. The molecular weight excluding hydrogens is 172 g/mol. The van der Waals surface area contributed by atoms with Crippen LogP contribution in [0.5, 0.6) is 0 Å². The average molecular weight is 184 g/mol. The van der Waals surface area contributed by atoms with Crippen molar-refractivity contribution < 1.29 is 9.53 Å². The molecule has 0 aliphatic heterocycles. The first kappa shape index (κ1) is 9.57. The van der Waals surface area contributed by atoms with Gasteiger partial charge in [0.1, 0.15) is 5.69 Å². The van der Waals surface area contributed by atoms with Crippen LogP contribution >= 0.6 is 0 Å². The van der Waals surface area contributed by atoms with Crippen LogP contribution in [0.1, 0.15) is 23.1 Å². The van der Waals surface area contributed by atoms with Gasteiger partial charge in [-0.05, 0) is 13.8 Å². The molecule has 0 aromatic carbocycles. The molecule has 0 atom stereocenters. The standard InChI is InChI=1S/C8H12N2O3/c1-4-13-7(11)6-5(2)10(3)8(12)9-6/h4H2,1-3H3,(H,9,12). The van der Waals surface area contributed by atoms with Gasteiger partial charge in [0.05, 0.1) is 12.3 Å². The molecule has 5 heteroatoms. The SMILES string of the molecule is CCOC(=O)c1[nH]c(=O)n(C)c1C. The van der Waals surface area contributed by atoms with Crippen molar-refractivity contribution in [2.24, 2.45) is 7.05 Å². The van der Waals surface area contributed by atoms with Crippen molar-refractivity contribution in [3.63, 3.8) is 0 Å². The summed E-state index contributed by atoms with van der Waals surface area (Å²) in [7, 11) is 1.59. The van der Waals surface area contributed by atoms with E-state index in [1.54, 1.807) is 20.9 Å². The Morgan fingerprint density at radius 2 is 2.23 bits per heavy atom. The Morgan fingerprint density at radius 1 is 1.62 bits per heavy atom. The maximum atomic E-state index is 11.2. The first-order valence-corrected chi connectivity index (χ1v) is 4.00. The molecule has 0 aliphatic rings. The van der Waals surface area contributed by atoms with Gasteiger partial charge in [-0.2, -0.15) is 0 Å². The Balaban J connectivity index is 3.09. The Kier molecular flexibility index (Phi) is 2.55. The molecule has 0 amide bonds. The number of nitrogens with zero attached hydrogens (tertiary/aromatic N) is 1. The van der Waals surface area contributed by atoms with Crippen molar-refractivity contribution in [1.82, 2.24) is 9.55 Å². The summed E-state index contributed by atoms with van der Waals surface area (Å²) in [5.74, 6) is -0.488. The van der Waals surface area contributed by atoms with E-state index >= 15 is 0 Å². The topological polar surface area (TPSA) is 64.1 Å². The van der Waals surface area contributed by atoms with Crippen LogP contribution in [0.2, 0.25) is 0 Å². The second kappa shape index (κ2) is 3.47. The molecule has 1 aromatic rings. The molecule has 1 rings (SSSR count). The Labute approximate surface area is 75.3 Å². The van der Waals surface area contributed by atoms with Crippen LogP contribution in [0.15, 0.2) is 4.79 Å². The van der Waals surface area contributed by atoms with E-state index in [4.69, 9.17) is 4.74 Å². The molecule has 0 bridgehead atoms. The fourth-order valence-corrected chi connectivity index (χ4v) is 1.00. The van der Waals surface area contributed by atoms with E-state index in [0.29, 0.717) is 12.3 Å². The second-order valence-corrected chi connectivity index (χ2v) is 2.67. The maximum Gasteiger partial charge on any atom is 0.356 e. The van der Waals surface area contributed by atoms with Crippen LogP contribution in [0.4, 0.5) is 0 Å². The van der Waals surface area contributed by atoms with Gasteiger partial charge in [-0.1, -0.05) is 0 Å². The van der Waals surface area contributed by atoms with E-state index in [0.717, 1.165) is 0 Å². The summed E-state index contributed by atoms with van der Waals surface area (Å²) in [5, 5.41) is 0. The molecule has 0 saturated carbocycles. The van der Waals surface area contributed by atoms with Gasteiger partial charge in [0.25, 0.3) is 0 Å². The largest absolute Gasteiger partial charge is 0.461 e. The summed E-state index contributed by atoms with van der Waals surface area (Å²) >= 11 is 0. The lowest BCUT2D eigenvalue weighted by Crippen LogP contribution is -2.13. The lowest BCUT2D eigenvalue weighted by molar-refractivity contribution is 0.0519. The van der Waals surface area contributed by atoms with Crippen LogP contribution in [-0.4, -0.2) is 22.1 Å². The fraction of sp³-hybridized carbons (Fsp3) is 0.500. The molecular formula is C8H12N2O3. The fourth-order valence-electron chi connectivity index (χ4n) is 1.00. The summed E-state index contributed by atoms with van der Waals surface area (Å²) in [6.07, 6.45) is 0. The minimum Gasteiger partial charge on any atom is -0.461 e. The Hall–Kier alpha value is -1.52. The number of aromatic nitrogens is 2. The predicted octanol–water partition coefficient (Wildman–Crippen LogP) is 0.199. The highest BCUT2D eigenvalue weighted by atomic mass is 16.5. The van der Waals surface area contributed by atoms with Gasteiger partial charge in [0.2, 0.25) is 0 Å². The maximum absolute atomic E-state index is 11.2. The van der Waals surface area contributed by atoms with Crippen LogP contribution in [0, 0.1) is 6.92 Å². The molecule has 0 aliphatic carbocycles. The summed E-state index contributed by atoms with van der Waals surface area (Å²) in [5.41, 5.74) is 0.512. The number of carbonyl (C=O) groups is 1. The number of carbonyl (C=O) groups excluding carboxylic acids is 1. The zero-order chi connectivity index (χ0) is 10.0. The zero-order valence-electron chi connectivity index (χ0n) is 7.88. The van der Waals surface area contributed by atoms with Gasteiger partial charge in [-0.15, -0.1) is 0 Å². The van der Waals surface area contributed by atoms with Crippen LogP contribution in [0.25, 0.3) is 0 Å². The number of H-pyrrole nitrogens is 1. The van der Waals surface area contributed by atoms with Crippen molar-refractivity contribution in [3.05, 3.63) is 21.9 Å². The normalized spacial score (nSPS) is 10.1. The number of aromatic amines is 1. The summed E-state index contributed by atoms with van der Waals surface area (Å²) in [6.45, 7) is 3.70. The molecule has 72 valence electrons. The number of imidazole rings is 1. The van der Waals surface area contributed by atoms with E-state index in [1.807, 2.05) is 0 Å². The summed E-state index contributed by atoms with van der Waals surface area (Å²) < 4.78 is 6.12. The molecule has 5 nitrogen and oxygen atoms in total. The highest BCUT2D eigenvalue weighted by molar-refractivity contribution is 5.88. The third kappa shape index (κ3) is 1.63. The zero-order valence-corrected chi connectivity index (χ0v) is 7.88. The van der Waals surface area contributed by atoms with Gasteiger partial charge in [-0.25, -0.2) is 9.59 Å². The minimum atomic E-state index is -0.488. The monoisotopic (exact) mass is 184 g/mol. The Morgan fingerprint density at radius 3 is 2.62 bits per heavy atom. The van der Waals surface area contributed by atoms with Crippen LogP contribution < -0.4 is 5.69 Å². The van der Waals surface area contributed by atoms with E-state index in [9.17, 15) is 9.59 Å². The second-order valence-electron chi connectivity index (χ2n) is 2.67. The number of rotatable bonds is 2. The minimum absolute atomic E-state index is 0.231. The first-order valence-electron chi connectivity index (χ1n) is 4.00. The van der Waals surface area contributed by atoms with Crippen LogP contribution in [-0.2, 0) is 11.8 Å². The highest BCUT2D eigenvalue weighted by Crippen LogP contribution is 2.02. The van der Waals surface area contributed by atoms with Gasteiger partial charge >= 0.3 is 11.7 Å². The van der Waals surface area contributed by atoms with E-state index in [2.05, 4.69) is 4.98 Å². The molecule has 1 aromatic heterocycles. The lowest BCUT2D eigenvalue weighted by atomic mass is 10.3. The van der Waals surface area contributed by atoms with Gasteiger partial charge < -0.3 is 4.74 Å².